The molecule has 1 unspecified atom stereocenters. The number of carbonyl (C=O) groups excluding carboxylic acids is 1. The number of nitrogens with zero attached hydrogens (tertiary/aromatic N) is 2. The van der Waals surface area contributed by atoms with E-state index >= 15 is 0 Å². The number of benzene rings is 1. The summed E-state index contributed by atoms with van der Waals surface area (Å²) in [6.07, 6.45) is 2.68. The van der Waals surface area contributed by atoms with Crippen molar-refractivity contribution < 1.29 is 23.3 Å². The van der Waals surface area contributed by atoms with Gasteiger partial charge in [-0.05, 0) is 54.0 Å². The zero-order valence-corrected chi connectivity index (χ0v) is 28.3. The molecule has 0 saturated carbocycles. The summed E-state index contributed by atoms with van der Waals surface area (Å²) in [6, 6.07) is 2.80. The molecule has 1 atom stereocenters. The second kappa shape index (κ2) is 12.7. The number of ether oxygens (including phenoxy) is 1. The molecule has 0 bridgehead atoms. The third kappa shape index (κ3) is 7.05. The number of amides is 1. The topological polar surface area (TPSA) is 91.1 Å². The predicted molar refractivity (Wildman–Crippen MR) is 163 cm³/mol. The molecule has 1 aromatic carbocycles. The van der Waals surface area contributed by atoms with Crippen molar-refractivity contribution in [2.45, 2.75) is 122 Å². The van der Waals surface area contributed by atoms with E-state index < -0.39 is 21.6 Å². The molecule has 1 heterocycles. The second-order valence-corrected chi connectivity index (χ2v) is 23.6. The summed E-state index contributed by atoms with van der Waals surface area (Å²) >= 11 is 0. The van der Waals surface area contributed by atoms with E-state index in [0.29, 0.717) is 24.7 Å². The van der Waals surface area contributed by atoms with Crippen LogP contribution in [-0.4, -0.2) is 58.7 Å². The summed E-state index contributed by atoms with van der Waals surface area (Å²) in [5.41, 5.74) is 0.617. The maximum absolute atomic E-state index is 13.9. The van der Waals surface area contributed by atoms with Crippen molar-refractivity contribution in [1.29, 1.82) is 0 Å². The van der Waals surface area contributed by atoms with Gasteiger partial charge in [0.2, 0.25) is 0 Å². The van der Waals surface area contributed by atoms with Crippen molar-refractivity contribution in [2.24, 2.45) is 0 Å². The predicted octanol–water partition coefficient (Wildman–Crippen LogP) is 8.17. The molecule has 0 radical (unpaired) electrons. The summed E-state index contributed by atoms with van der Waals surface area (Å²) in [4.78, 5) is 27.5. The molecular formula is C29H52N2O6Si2. The molecule has 1 aromatic rings. The van der Waals surface area contributed by atoms with Gasteiger partial charge in [0.05, 0.1) is 30.7 Å². The number of piperidine rings is 1. The number of carbonyl (C=O) groups is 1. The number of nitro groups is 1. The number of methoxy groups -OCH3 is 1. The smallest absolute Gasteiger partial charge is 0.286 e. The minimum absolute atomic E-state index is 0.0364. The van der Waals surface area contributed by atoms with Crippen LogP contribution in [0.1, 0.15) is 91.9 Å². The average molecular weight is 581 g/mol. The lowest BCUT2D eigenvalue weighted by atomic mass is 10.0. The van der Waals surface area contributed by atoms with Crippen LogP contribution in [0.5, 0.6) is 11.5 Å². The Labute approximate surface area is 238 Å². The zero-order chi connectivity index (χ0) is 29.9. The van der Waals surface area contributed by atoms with Crippen LogP contribution in [0.15, 0.2) is 12.1 Å². The molecule has 1 amide bonds. The number of nitro benzene ring substituents is 1. The van der Waals surface area contributed by atoms with Crippen LogP contribution >= 0.6 is 0 Å². The Bertz CT molecular complexity index is 998. The van der Waals surface area contributed by atoms with Gasteiger partial charge < -0.3 is 18.5 Å². The molecule has 0 spiro atoms. The highest BCUT2D eigenvalue weighted by atomic mass is 28.4. The second-order valence-electron chi connectivity index (χ2n) is 13.4. The van der Waals surface area contributed by atoms with Crippen LogP contribution < -0.4 is 9.16 Å². The van der Waals surface area contributed by atoms with Gasteiger partial charge >= 0.3 is 0 Å². The van der Waals surface area contributed by atoms with Crippen molar-refractivity contribution in [2.75, 3.05) is 20.3 Å². The molecule has 0 N–H and O–H groups in total. The molecule has 1 fully saturated rings. The molecule has 8 nitrogen and oxygen atoms in total. The molecule has 10 heteroatoms. The van der Waals surface area contributed by atoms with Gasteiger partial charge in [-0.25, -0.2) is 0 Å². The van der Waals surface area contributed by atoms with Gasteiger partial charge in [-0.15, -0.1) is 0 Å². The Kier molecular flexibility index (Phi) is 10.9. The number of rotatable bonds is 11. The molecule has 39 heavy (non-hydrogen) atoms. The molecule has 222 valence electrons. The molecule has 1 aliphatic heterocycles. The molecule has 0 aliphatic carbocycles. The molecule has 1 aliphatic rings. The van der Waals surface area contributed by atoms with E-state index in [1.807, 2.05) is 0 Å². The molecule has 0 aromatic heterocycles. The highest BCUT2D eigenvalue weighted by Crippen LogP contribution is 2.46. The summed E-state index contributed by atoms with van der Waals surface area (Å²) in [7, 11) is -2.91. The Morgan fingerprint density at radius 2 is 1.62 bits per heavy atom. The van der Waals surface area contributed by atoms with E-state index in [2.05, 4.69) is 75.4 Å². The van der Waals surface area contributed by atoms with Gasteiger partial charge in [-0.1, -0.05) is 62.3 Å². The Hall–Kier alpha value is -1.92. The number of hydrogen-bond acceptors (Lipinski definition) is 6. The van der Waals surface area contributed by atoms with E-state index in [1.54, 1.807) is 4.90 Å². The molecule has 1 saturated heterocycles. The van der Waals surface area contributed by atoms with Gasteiger partial charge in [0.1, 0.15) is 5.56 Å². The van der Waals surface area contributed by atoms with Crippen LogP contribution in [0.4, 0.5) is 5.69 Å². The standard InChI is InChI=1S/C29H52N2O6Si2/c1-20(2)39(21(3)4,22(5)6)37-27-18-25(31(33)34)24(17-26(27)35-10)28(32)30-16-14-13-15-23(30)19-36-38(11,12)29(7,8)9/h17-18,20-23H,13-16,19H2,1-12H3. The van der Waals surface area contributed by atoms with Gasteiger partial charge in [-0.3, -0.25) is 14.9 Å². The van der Waals surface area contributed by atoms with Crippen LogP contribution in [0, 0.1) is 10.1 Å². The lowest BCUT2D eigenvalue weighted by Gasteiger charge is -2.42. The van der Waals surface area contributed by atoms with Gasteiger partial charge in [0, 0.05) is 12.6 Å². The fraction of sp³-hybridized carbons (Fsp3) is 0.759. The third-order valence-corrected chi connectivity index (χ3v) is 19.5. The van der Waals surface area contributed by atoms with E-state index in [0.717, 1.165) is 19.3 Å². The van der Waals surface area contributed by atoms with Crippen LogP contribution in [0.25, 0.3) is 0 Å². The van der Waals surface area contributed by atoms with Crippen LogP contribution in [0.3, 0.4) is 0 Å². The van der Waals surface area contributed by atoms with Gasteiger partial charge in [0.25, 0.3) is 19.9 Å². The average Bonchev–Trinajstić information content (AvgIpc) is 2.83. The summed E-state index contributed by atoms with van der Waals surface area (Å²) in [5.74, 6) is 0.351. The largest absolute Gasteiger partial charge is 0.540 e. The minimum Gasteiger partial charge on any atom is -0.540 e. The van der Waals surface area contributed by atoms with Gasteiger partial charge in [-0.2, -0.15) is 0 Å². The monoisotopic (exact) mass is 580 g/mol. The number of likely N-dealkylation sites (tertiary alicyclic amines) is 1. The fourth-order valence-electron chi connectivity index (χ4n) is 5.77. The minimum atomic E-state index is -2.42. The van der Waals surface area contributed by atoms with E-state index in [-0.39, 0.29) is 44.9 Å². The maximum atomic E-state index is 13.9. The Balaban J connectivity index is 2.52. The SMILES string of the molecule is COc1cc(C(=O)N2CCCCC2CO[Si](C)(C)C(C)(C)C)c([N+](=O)[O-])cc1O[Si](C(C)C)(C(C)C)C(C)C. The lowest BCUT2D eigenvalue weighted by Crippen LogP contribution is -2.51. The first-order valence-electron chi connectivity index (χ1n) is 14.4. The van der Waals surface area contributed by atoms with Crippen molar-refractivity contribution >= 4 is 28.2 Å². The van der Waals surface area contributed by atoms with Crippen molar-refractivity contribution in [1.82, 2.24) is 4.90 Å². The first-order chi connectivity index (χ1) is 17.9. The van der Waals surface area contributed by atoms with Gasteiger partial charge in [0.15, 0.2) is 19.8 Å². The van der Waals surface area contributed by atoms with Crippen LogP contribution in [-0.2, 0) is 4.43 Å². The summed E-state index contributed by atoms with van der Waals surface area (Å²) in [5, 5.41) is 12.4. The summed E-state index contributed by atoms with van der Waals surface area (Å²) in [6.45, 7) is 24.9. The highest BCUT2D eigenvalue weighted by Gasteiger charge is 2.48. The highest BCUT2D eigenvalue weighted by molar-refractivity contribution is 6.78. The van der Waals surface area contributed by atoms with Crippen molar-refractivity contribution in [3.8, 4) is 11.5 Å². The van der Waals surface area contributed by atoms with E-state index in [9.17, 15) is 14.9 Å². The Morgan fingerprint density at radius 1 is 1.05 bits per heavy atom. The lowest BCUT2D eigenvalue weighted by molar-refractivity contribution is -0.385. The molecule has 2 rings (SSSR count). The first kappa shape index (κ1) is 33.3. The quantitative estimate of drug-likeness (QED) is 0.149. The molecular weight excluding hydrogens is 528 g/mol. The van der Waals surface area contributed by atoms with Crippen molar-refractivity contribution in [3.63, 3.8) is 0 Å². The maximum Gasteiger partial charge on any atom is 0.286 e. The first-order valence-corrected chi connectivity index (χ1v) is 19.5. The normalized spacial score (nSPS) is 17.2. The fourth-order valence-corrected chi connectivity index (χ4v) is 12.1. The zero-order valence-electron chi connectivity index (χ0n) is 26.3. The van der Waals surface area contributed by atoms with Crippen molar-refractivity contribution in [3.05, 3.63) is 27.8 Å². The Morgan fingerprint density at radius 3 is 2.08 bits per heavy atom. The van der Waals surface area contributed by atoms with E-state index in [4.69, 9.17) is 13.6 Å². The van der Waals surface area contributed by atoms with E-state index in [1.165, 1.54) is 19.2 Å². The third-order valence-electron chi connectivity index (χ3n) is 9.03. The van der Waals surface area contributed by atoms with Crippen LogP contribution in [0.2, 0.25) is 34.8 Å². The summed E-state index contributed by atoms with van der Waals surface area (Å²) < 4.78 is 18.9. The number of hydrogen-bond donors (Lipinski definition) is 0.